The van der Waals surface area contributed by atoms with E-state index in [2.05, 4.69) is 15.6 Å². The molecule has 0 radical (unpaired) electrons. The molecule has 0 aliphatic carbocycles. The number of halogens is 4. The van der Waals surface area contributed by atoms with Crippen LogP contribution < -0.4 is 20.3 Å². The number of pyridine rings is 1. The van der Waals surface area contributed by atoms with E-state index >= 15 is 0 Å². The Hall–Kier alpha value is -3.16. The summed E-state index contributed by atoms with van der Waals surface area (Å²) in [6.07, 6.45) is -4.50. The Morgan fingerprint density at radius 1 is 1.24 bits per heavy atom. The van der Waals surface area contributed by atoms with E-state index < -0.39 is 30.6 Å². The Labute approximate surface area is 211 Å². The van der Waals surface area contributed by atoms with E-state index in [1.54, 1.807) is 13.0 Å². The first-order valence-electron chi connectivity index (χ1n) is 11.9. The van der Waals surface area contributed by atoms with E-state index in [0.717, 1.165) is 4.90 Å². The lowest BCUT2D eigenvalue weighted by atomic mass is 10.00. The number of rotatable bonds is 6. The minimum Gasteiger partial charge on any atom is -0.475 e. The van der Waals surface area contributed by atoms with Crippen LogP contribution in [-0.4, -0.2) is 92.4 Å². The zero-order chi connectivity index (χ0) is 26.6. The zero-order valence-electron chi connectivity index (χ0n) is 20.3. The highest BCUT2D eigenvalue weighted by molar-refractivity contribution is 5.91. The maximum Gasteiger partial charge on any atom is 0.405 e. The van der Waals surface area contributed by atoms with Gasteiger partial charge in [0.2, 0.25) is 5.88 Å². The zero-order valence-corrected chi connectivity index (χ0v) is 20.3. The van der Waals surface area contributed by atoms with Crippen molar-refractivity contribution in [1.29, 1.82) is 0 Å². The molecular weight excluding hydrogens is 498 g/mol. The largest absolute Gasteiger partial charge is 0.475 e. The van der Waals surface area contributed by atoms with Gasteiger partial charge in [-0.2, -0.15) is 18.2 Å². The molecule has 9 nitrogen and oxygen atoms in total. The summed E-state index contributed by atoms with van der Waals surface area (Å²) in [5, 5.41) is 13.9. The van der Waals surface area contributed by atoms with Gasteiger partial charge in [0.15, 0.2) is 0 Å². The summed E-state index contributed by atoms with van der Waals surface area (Å²) < 4.78 is 65.1. The van der Waals surface area contributed by atoms with Gasteiger partial charge in [0.05, 0.1) is 25.5 Å². The molecule has 202 valence electrons. The Morgan fingerprint density at radius 3 is 2.70 bits per heavy atom. The summed E-state index contributed by atoms with van der Waals surface area (Å²) in [6.45, 7) is 3.28. The molecule has 0 spiro atoms. The van der Waals surface area contributed by atoms with Crippen LogP contribution in [0, 0.1) is 12.7 Å². The second-order valence-corrected chi connectivity index (χ2v) is 8.80. The summed E-state index contributed by atoms with van der Waals surface area (Å²) in [7, 11) is 0. The summed E-state index contributed by atoms with van der Waals surface area (Å²) in [5.41, 5.74) is 1.63. The molecular formula is C24H29F4N5O4. The third-order valence-electron chi connectivity index (χ3n) is 6.19. The van der Waals surface area contributed by atoms with Crippen molar-refractivity contribution in [2.45, 2.75) is 19.1 Å². The molecule has 2 aliphatic rings. The number of carbonyl (C=O) groups excluding carboxylic acids is 1. The minimum atomic E-state index is -4.50. The SMILES string of the molecule is Cc1cc(F)c(NC(=O)N2CCN[C@@H](C(F)(F)F)C2)cc1-c1cc(OCCO)nc(N2CCOCC2)c1. The quantitative estimate of drug-likeness (QED) is 0.497. The summed E-state index contributed by atoms with van der Waals surface area (Å²) in [4.78, 5) is 20.3. The molecule has 2 aliphatic heterocycles. The van der Waals surface area contributed by atoms with Crippen molar-refractivity contribution in [3.8, 4) is 17.0 Å². The third-order valence-corrected chi connectivity index (χ3v) is 6.19. The smallest absolute Gasteiger partial charge is 0.405 e. The number of morpholine rings is 1. The van der Waals surface area contributed by atoms with Crippen LogP contribution in [-0.2, 0) is 4.74 Å². The topological polar surface area (TPSA) is 99.2 Å². The fourth-order valence-electron chi connectivity index (χ4n) is 4.25. The minimum absolute atomic E-state index is 0.0306. The number of nitrogens with one attached hydrogen (secondary N) is 2. The molecule has 1 atom stereocenters. The van der Waals surface area contributed by atoms with E-state index in [0.29, 0.717) is 48.8 Å². The molecule has 3 heterocycles. The van der Waals surface area contributed by atoms with Gasteiger partial charge in [-0.1, -0.05) is 0 Å². The fraction of sp³-hybridized carbons (Fsp3) is 0.500. The number of ether oxygens (including phenoxy) is 2. The van der Waals surface area contributed by atoms with Crippen molar-refractivity contribution in [2.24, 2.45) is 0 Å². The van der Waals surface area contributed by atoms with Gasteiger partial charge in [-0.3, -0.25) is 0 Å². The number of hydrogen-bond acceptors (Lipinski definition) is 7. The monoisotopic (exact) mass is 527 g/mol. The van der Waals surface area contributed by atoms with E-state index in [4.69, 9.17) is 14.6 Å². The number of benzene rings is 1. The number of aromatic nitrogens is 1. The maximum atomic E-state index is 14.8. The van der Waals surface area contributed by atoms with Crippen LogP contribution in [0.1, 0.15) is 5.56 Å². The van der Waals surface area contributed by atoms with Gasteiger partial charge < -0.3 is 35.0 Å². The molecule has 4 rings (SSSR count). The van der Waals surface area contributed by atoms with Gasteiger partial charge >= 0.3 is 12.2 Å². The van der Waals surface area contributed by atoms with Crippen molar-refractivity contribution in [1.82, 2.24) is 15.2 Å². The molecule has 13 heteroatoms. The van der Waals surface area contributed by atoms with Crippen LogP contribution in [0.25, 0.3) is 11.1 Å². The Balaban J connectivity index is 1.62. The van der Waals surface area contributed by atoms with Crippen LogP contribution >= 0.6 is 0 Å². The summed E-state index contributed by atoms with van der Waals surface area (Å²) >= 11 is 0. The number of anilines is 2. The number of hydrogen-bond donors (Lipinski definition) is 3. The van der Waals surface area contributed by atoms with Crippen LogP contribution in [0.4, 0.5) is 33.9 Å². The maximum absolute atomic E-state index is 14.8. The van der Waals surface area contributed by atoms with Gasteiger partial charge in [-0.25, -0.2) is 9.18 Å². The average Bonchev–Trinajstić information content (AvgIpc) is 2.89. The van der Waals surface area contributed by atoms with Gasteiger partial charge in [0.1, 0.15) is 24.3 Å². The van der Waals surface area contributed by atoms with Gasteiger partial charge in [0, 0.05) is 38.8 Å². The first-order chi connectivity index (χ1) is 17.7. The second kappa shape index (κ2) is 11.5. The standard InChI is InChI=1S/C24H29F4N5O4/c1-15-10-18(25)19(30-23(35)33-3-2-29-20(14-33)24(26,27)28)13-17(15)16-11-21(32-4-7-36-8-5-32)31-22(12-16)37-9-6-34/h10-13,20,29,34H,2-9,14H2,1H3,(H,30,35)/t20-/m1/s1. The number of amides is 2. The number of aliphatic hydroxyl groups excluding tert-OH is 1. The highest BCUT2D eigenvalue weighted by atomic mass is 19.4. The molecule has 0 saturated carbocycles. The Kier molecular flexibility index (Phi) is 8.35. The highest BCUT2D eigenvalue weighted by Crippen LogP contribution is 2.33. The molecule has 2 amide bonds. The normalized spacial score (nSPS) is 18.6. The first kappa shape index (κ1) is 26.9. The van der Waals surface area contributed by atoms with Crippen molar-refractivity contribution in [3.05, 3.63) is 35.6 Å². The second-order valence-electron chi connectivity index (χ2n) is 8.80. The van der Waals surface area contributed by atoms with Crippen molar-refractivity contribution in [2.75, 3.05) is 69.4 Å². The fourth-order valence-corrected chi connectivity index (χ4v) is 4.25. The number of nitrogens with zero attached hydrogens (tertiary/aromatic N) is 3. The number of aryl methyl sites for hydroxylation is 1. The summed E-state index contributed by atoms with van der Waals surface area (Å²) in [6, 6.07) is 3.49. The molecule has 1 aromatic heterocycles. The number of urea groups is 1. The van der Waals surface area contributed by atoms with E-state index in [9.17, 15) is 22.4 Å². The molecule has 37 heavy (non-hydrogen) atoms. The lowest BCUT2D eigenvalue weighted by Gasteiger charge is -2.34. The Bertz CT molecular complexity index is 1110. The molecule has 2 aromatic rings. The van der Waals surface area contributed by atoms with Crippen LogP contribution in [0.2, 0.25) is 0 Å². The third kappa shape index (κ3) is 6.59. The van der Waals surface area contributed by atoms with Crippen LogP contribution in [0.3, 0.4) is 0 Å². The number of aliphatic hydroxyl groups is 1. The lowest BCUT2D eigenvalue weighted by molar-refractivity contribution is -0.162. The molecule has 2 fully saturated rings. The van der Waals surface area contributed by atoms with E-state index in [1.807, 2.05) is 11.0 Å². The van der Waals surface area contributed by atoms with Gasteiger partial charge in [-0.15, -0.1) is 0 Å². The van der Waals surface area contributed by atoms with Crippen molar-refractivity contribution in [3.63, 3.8) is 0 Å². The predicted molar refractivity (Wildman–Crippen MR) is 128 cm³/mol. The average molecular weight is 528 g/mol. The van der Waals surface area contributed by atoms with Crippen molar-refractivity contribution < 1.29 is 36.9 Å². The van der Waals surface area contributed by atoms with E-state index in [1.165, 1.54) is 12.1 Å². The number of carbonyl (C=O) groups is 1. The van der Waals surface area contributed by atoms with Crippen molar-refractivity contribution >= 4 is 17.5 Å². The first-order valence-corrected chi connectivity index (χ1v) is 11.9. The molecule has 3 N–H and O–H groups in total. The predicted octanol–water partition coefficient (Wildman–Crippen LogP) is 2.77. The van der Waals surface area contributed by atoms with Crippen LogP contribution in [0.15, 0.2) is 24.3 Å². The molecule has 1 aromatic carbocycles. The van der Waals surface area contributed by atoms with Gasteiger partial charge in [0.25, 0.3) is 0 Å². The number of piperazine rings is 1. The molecule has 0 bridgehead atoms. The summed E-state index contributed by atoms with van der Waals surface area (Å²) in [5.74, 6) is 0.166. The molecule has 2 saturated heterocycles. The van der Waals surface area contributed by atoms with Crippen LogP contribution in [0.5, 0.6) is 5.88 Å². The van der Waals surface area contributed by atoms with Gasteiger partial charge in [-0.05, 0) is 41.8 Å². The lowest BCUT2D eigenvalue weighted by Crippen LogP contribution is -2.58. The van der Waals surface area contributed by atoms with E-state index in [-0.39, 0.29) is 37.9 Å². The number of alkyl halides is 3. The Morgan fingerprint density at radius 2 is 2.00 bits per heavy atom. The highest BCUT2D eigenvalue weighted by Gasteiger charge is 2.42. The molecule has 0 unspecified atom stereocenters.